The van der Waals surface area contributed by atoms with Gasteiger partial charge < -0.3 is 19.4 Å². The molecular weight excluding hydrogens is 338 g/mol. The molecule has 0 amide bonds. The number of nitrogens with zero attached hydrogens (tertiary/aromatic N) is 2. The number of hydrogen-bond donors (Lipinski definition) is 1. The van der Waals surface area contributed by atoms with E-state index in [1.807, 2.05) is 66.6 Å². The topological polar surface area (TPSA) is 48.3 Å². The van der Waals surface area contributed by atoms with E-state index in [-0.39, 0.29) is 6.10 Å². The van der Waals surface area contributed by atoms with Gasteiger partial charge in [-0.25, -0.2) is 4.98 Å². The second kappa shape index (κ2) is 8.37. The molecule has 1 N–H and O–H groups in total. The summed E-state index contributed by atoms with van der Waals surface area (Å²) in [5, 5.41) is 3.68. The Morgan fingerprint density at radius 3 is 2.81 bits per heavy atom. The summed E-state index contributed by atoms with van der Waals surface area (Å²) in [4.78, 5) is 4.21. The van der Waals surface area contributed by atoms with Crippen LogP contribution in [0.15, 0.2) is 67.1 Å². The van der Waals surface area contributed by atoms with E-state index in [9.17, 15) is 0 Å². The molecule has 1 aliphatic rings. The van der Waals surface area contributed by atoms with Crippen LogP contribution in [0.2, 0.25) is 0 Å². The standard InChI is InChI=1S/C22H25N3O2/c1-25-16-23-15-21(25)22-13-18(10-11-26-22)24-14-17-6-5-9-20(12-17)27-19-7-3-2-4-8-19/h2-9,12,15-16,18,22,24H,10-11,13-14H2,1H3/t18-,22-/m0/s1. The second-order valence-corrected chi connectivity index (χ2v) is 6.95. The minimum atomic E-state index is 0.108. The van der Waals surface area contributed by atoms with Gasteiger partial charge in [-0.05, 0) is 42.7 Å². The predicted molar refractivity (Wildman–Crippen MR) is 105 cm³/mol. The number of hydrogen-bond acceptors (Lipinski definition) is 4. The van der Waals surface area contributed by atoms with Gasteiger partial charge in [0.05, 0.1) is 18.2 Å². The van der Waals surface area contributed by atoms with E-state index in [1.54, 1.807) is 0 Å². The Balaban J connectivity index is 1.34. The quantitative estimate of drug-likeness (QED) is 0.712. The molecule has 0 bridgehead atoms. The molecule has 2 aromatic carbocycles. The second-order valence-electron chi connectivity index (χ2n) is 6.95. The van der Waals surface area contributed by atoms with Gasteiger partial charge >= 0.3 is 0 Å². The predicted octanol–water partition coefficient (Wildman–Crippen LogP) is 4.22. The van der Waals surface area contributed by atoms with Gasteiger partial charge in [-0.3, -0.25) is 0 Å². The van der Waals surface area contributed by atoms with E-state index in [0.717, 1.165) is 43.2 Å². The Labute approximate surface area is 160 Å². The van der Waals surface area contributed by atoms with Crippen molar-refractivity contribution in [3.8, 4) is 11.5 Å². The molecule has 27 heavy (non-hydrogen) atoms. The van der Waals surface area contributed by atoms with Crippen LogP contribution in [0.3, 0.4) is 0 Å². The van der Waals surface area contributed by atoms with Crippen LogP contribution in [-0.4, -0.2) is 22.2 Å². The van der Waals surface area contributed by atoms with Gasteiger partial charge in [0.1, 0.15) is 17.6 Å². The molecule has 2 heterocycles. The molecule has 1 aromatic heterocycles. The van der Waals surface area contributed by atoms with Crippen LogP contribution < -0.4 is 10.1 Å². The maximum atomic E-state index is 5.95. The number of ether oxygens (including phenoxy) is 2. The summed E-state index contributed by atoms with van der Waals surface area (Å²) >= 11 is 0. The molecule has 0 unspecified atom stereocenters. The first-order valence-corrected chi connectivity index (χ1v) is 9.41. The average molecular weight is 363 g/mol. The van der Waals surface area contributed by atoms with Crippen molar-refractivity contribution in [3.63, 3.8) is 0 Å². The van der Waals surface area contributed by atoms with Gasteiger partial charge in [0.25, 0.3) is 0 Å². The minimum absolute atomic E-state index is 0.108. The first-order valence-electron chi connectivity index (χ1n) is 9.41. The fraction of sp³-hybridized carbons (Fsp3) is 0.318. The summed E-state index contributed by atoms with van der Waals surface area (Å²) in [5.74, 6) is 1.71. The molecule has 0 aliphatic carbocycles. The molecular formula is C22H25N3O2. The molecule has 0 radical (unpaired) electrons. The lowest BCUT2D eigenvalue weighted by molar-refractivity contribution is -0.00404. The molecule has 3 aromatic rings. The molecule has 0 spiro atoms. The highest BCUT2D eigenvalue weighted by atomic mass is 16.5. The Bertz CT molecular complexity index is 863. The fourth-order valence-corrected chi connectivity index (χ4v) is 3.47. The van der Waals surface area contributed by atoms with E-state index in [4.69, 9.17) is 9.47 Å². The first-order chi connectivity index (χ1) is 13.3. The largest absolute Gasteiger partial charge is 0.457 e. The highest BCUT2D eigenvalue weighted by Crippen LogP contribution is 2.28. The monoisotopic (exact) mass is 363 g/mol. The lowest BCUT2D eigenvalue weighted by Crippen LogP contribution is -2.36. The Hall–Kier alpha value is -2.63. The number of benzene rings is 2. The van der Waals surface area contributed by atoms with Crippen LogP contribution in [0.4, 0.5) is 0 Å². The maximum Gasteiger partial charge on any atom is 0.127 e. The smallest absolute Gasteiger partial charge is 0.127 e. The SMILES string of the molecule is Cn1cncc1[C@@H]1C[C@@H](NCc2cccc(Oc3ccccc3)c2)CCO1. The summed E-state index contributed by atoms with van der Waals surface area (Å²) in [6.45, 7) is 1.58. The normalized spacial score (nSPS) is 19.7. The summed E-state index contributed by atoms with van der Waals surface area (Å²) in [6.07, 6.45) is 5.82. The minimum Gasteiger partial charge on any atom is -0.457 e. The first kappa shape index (κ1) is 17.8. The number of rotatable bonds is 6. The number of aromatic nitrogens is 2. The lowest BCUT2D eigenvalue weighted by Gasteiger charge is -2.30. The van der Waals surface area contributed by atoms with E-state index in [0.29, 0.717) is 6.04 Å². The van der Waals surface area contributed by atoms with Crippen molar-refractivity contribution >= 4 is 0 Å². The molecule has 0 saturated carbocycles. The van der Waals surface area contributed by atoms with Crippen molar-refractivity contribution in [1.82, 2.24) is 14.9 Å². The number of aryl methyl sites for hydroxylation is 1. The molecule has 2 atom stereocenters. The van der Waals surface area contributed by atoms with Crippen LogP contribution in [0.25, 0.3) is 0 Å². The van der Waals surface area contributed by atoms with Gasteiger partial charge in [0.2, 0.25) is 0 Å². The van der Waals surface area contributed by atoms with Crippen molar-refractivity contribution in [1.29, 1.82) is 0 Å². The molecule has 1 fully saturated rings. The van der Waals surface area contributed by atoms with Crippen molar-refractivity contribution in [2.75, 3.05) is 6.61 Å². The number of para-hydroxylation sites is 1. The zero-order chi connectivity index (χ0) is 18.5. The summed E-state index contributed by atoms with van der Waals surface area (Å²) in [7, 11) is 2.01. The van der Waals surface area contributed by atoms with Gasteiger partial charge in [-0.2, -0.15) is 0 Å². The number of nitrogens with one attached hydrogen (secondary N) is 1. The van der Waals surface area contributed by atoms with E-state index < -0.39 is 0 Å². The third-order valence-electron chi connectivity index (χ3n) is 4.94. The summed E-state index contributed by atoms with van der Waals surface area (Å²) < 4.78 is 13.9. The summed E-state index contributed by atoms with van der Waals surface area (Å²) in [6, 6.07) is 18.5. The van der Waals surface area contributed by atoms with Gasteiger partial charge in [-0.1, -0.05) is 30.3 Å². The van der Waals surface area contributed by atoms with E-state index >= 15 is 0 Å². The van der Waals surface area contributed by atoms with E-state index in [2.05, 4.69) is 22.4 Å². The van der Waals surface area contributed by atoms with Crippen LogP contribution >= 0.6 is 0 Å². The highest BCUT2D eigenvalue weighted by molar-refractivity contribution is 5.33. The zero-order valence-electron chi connectivity index (χ0n) is 15.5. The molecule has 5 nitrogen and oxygen atoms in total. The van der Waals surface area contributed by atoms with Crippen LogP contribution in [0.1, 0.15) is 30.2 Å². The molecule has 1 aliphatic heterocycles. The van der Waals surface area contributed by atoms with Crippen LogP contribution in [0, 0.1) is 0 Å². The number of imidazole rings is 1. The summed E-state index contributed by atoms with van der Waals surface area (Å²) in [5.41, 5.74) is 2.35. The Morgan fingerprint density at radius 1 is 1.15 bits per heavy atom. The van der Waals surface area contributed by atoms with Crippen molar-refractivity contribution in [2.24, 2.45) is 7.05 Å². The van der Waals surface area contributed by atoms with Gasteiger partial charge in [0, 0.05) is 26.2 Å². The van der Waals surface area contributed by atoms with Crippen LogP contribution in [-0.2, 0) is 18.3 Å². The molecule has 4 rings (SSSR count). The Morgan fingerprint density at radius 2 is 2.00 bits per heavy atom. The third-order valence-corrected chi connectivity index (χ3v) is 4.94. The fourth-order valence-electron chi connectivity index (χ4n) is 3.47. The van der Waals surface area contributed by atoms with Gasteiger partial charge in [0.15, 0.2) is 0 Å². The zero-order valence-corrected chi connectivity index (χ0v) is 15.5. The van der Waals surface area contributed by atoms with E-state index in [1.165, 1.54) is 5.56 Å². The average Bonchev–Trinajstić information content (AvgIpc) is 3.14. The van der Waals surface area contributed by atoms with Gasteiger partial charge in [-0.15, -0.1) is 0 Å². The molecule has 140 valence electrons. The third kappa shape index (κ3) is 4.56. The van der Waals surface area contributed by atoms with Crippen molar-refractivity contribution < 1.29 is 9.47 Å². The molecule has 1 saturated heterocycles. The highest BCUT2D eigenvalue weighted by Gasteiger charge is 2.25. The maximum absolute atomic E-state index is 5.95. The molecule has 5 heteroatoms. The van der Waals surface area contributed by atoms with Crippen LogP contribution in [0.5, 0.6) is 11.5 Å². The van der Waals surface area contributed by atoms with Crippen molar-refractivity contribution in [2.45, 2.75) is 31.5 Å². The van der Waals surface area contributed by atoms with Crippen molar-refractivity contribution in [3.05, 3.63) is 78.4 Å². The lowest BCUT2D eigenvalue weighted by atomic mass is 10.0. The Kier molecular flexibility index (Phi) is 5.51.